The molecule has 0 amide bonds. The first-order chi connectivity index (χ1) is 12.2. The maximum absolute atomic E-state index is 6.10. The predicted molar refractivity (Wildman–Crippen MR) is 92.6 cm³/mol. The van der Waals surface area contributed by atoms with Crippen LogP contribution in [0.1, 0.15) is 18.4 Å². The van der Waals surface area contributed by atoms with Crippen LogP contribution in [0.15, 0.2) is 42.7 Å². The Morgan fingerprint density at radius 3 is 2.88 bits per heavy atom. The summed E-state index contributed by atoms with van der Waals surface area (Å²) in [7, 11) is 1.70. The standard InChI is InChI=1S/C19H23N3O3/c1-23-16-5-2-4-15(10-16)12-22-13-19(14-22)11-17(6-9-24-19)25-18-20-7-3-8-21-18/h2-5,7-8,10,17H,6,9,11-14H2,1H3/t17-/m0/s1. The molecule has 1 atom stereocenters. The fourth-order valence-electron chi connectivity index (χ4n) is 3.71. The largest absolute Gasteiger partial charge is 0.497 e. The fraction of sp³-hybridized carbons (Fsp3) is 0.474. The van der Waals surface area contributed by atoms with Crippen LogP contribution in [0.4, 0.5) is 0 Å². The van der Waals surface area contributed by atoms with Gasteiger partial charge in [0.05, 0.1) is 19.3 Å². The first-order valence-corrected chi connectivity index (χ1v) is 8.68. The van der Waals surface area contributed by atoms with E-state index < -0.39 is 0 Å². The molecule has 1 aromatic heterocycles. The normalized spacial score (nSPS) is 22.4. The smallest absolute Gasteiger partial charge is 0.316 e. The van der Waals surface area contributed by atoms with Gasteiger partial charge >= 0.3 is 6.01 Å². The molecule has 3 heterocycles. The van der Waals surface area contributed by atoms with Crippen LogP contribution in [0.5, 0.6) is 11.8 Å². The first kappa shape index (κ1) is 16.3. The number of hydrogen-bond acceptors (Lipinski definition) is 6. The molecule has 2 aliphatic rings. The van der Waals surface area contributed by atoms with Crippen molar-refractivity contribution in [3.8, 4) is 11.8 Å². The predicted octanol–water partition coefficient (Wildman–Crippen LogP) is 2.30. The lowest BCUT2D eigenvalue weighted by molar-refractivity contribution is -0.188. The third-order valence-electron chi connectivity index (χ3n) is 4.83. The van der Waals surface area contributed by atoms with Crippen molar-refractivity contribution in [2.24, 2.45) is 0 Å². The summed E-state index contributed by atoms with van der Waals surface area (Å²) in [6.45, 7) is 3.50. The van der Waals surface area contributed by atoms with E-state index in [2.05, 4.69) is 27.0 Å². The Balaban J connectivity index is 1.32. The Morgan fingerprint density at radius 2 is 2.08 bits per heavy atom. The Kier molecular flexibility index (Phi) is 4.55. The fourth-order valence-corrected chi connectivity index (χ4v) is 3.71. The van der Waals surface area contributed by atoms with E-state index in [1.54, 1.807) is 25.6 Å². The summed E-state index contributed by atoms with van der Waals surface area (Å²) in [5.74, 6) is 0.901. The number of methoxy groups -OCH3 is 1. The van der Waals surface area contributed by atoms with Gasteiger partial charge in [0.25, 0.3) is 0 Å². The van der Waals surface area contributed by atoms with Gasteiger partial charge in [-0.25, -0.2) is 9.97 Å². The number of aromatic nitrogens is 2. The molecular formula is C19H23N3O3. The average molecular weight is 341 g/mol. The molecular weight excluding hydrogens is 318 g/mol. The third kappa shape index (κ3) is 3.75. The molecule has 2 saturated heterocycles. The molecule has 1 aromatic carbocycles. The molecule has 4 rings (SSSR count). The average Bonchev–Trinajstić information content (AvgIpc) is 2.62. The highest BCUT2D eigenvalue weighted by atomic mass is 16.5. The molecule has 2 aromatic rings. The van der Waals surface area contributed by atoms with Gasteiger partial charge in [0.15, 0.2) is 0 Å². The Bertz CT molecular complexity index is 704. The molecule has 1 spiro atoms. The molecule has 0 unspecified atom stereocenters. The Labute approximate surface area is 147 Å². The Morgan fingerprint density at radius 1 is 1.24 bits per heavy atom. The molecule has 0 N–H and O–H groups in total. The molecule has 0 saturated carbocycles. The van der Waals surface area contributed by atoms with Crippen molar-refractivity contribution in [2.75, 3.05) is 26.8 Å². The third-order valence-corrected chi connectivity index (χ3v) is 4.83. The molecule has 6 nitrogen and oxygen atoms in total. The monoisotopic (exact) mass is 341 g/mol. The van der Waals surface area contributed by atoms with Gasteiger partial charge in [-0.15, -0.1) is 0 Å². The van der Waals surface area contributed by atoms with E-state index in [-0.39, 0.29) is 11.7 Å². The quantitative estimate of drug-likeness (QED) is 0.832. The molecule has 25 heavy (non-hydrogen) atoms. The zero-order chi connectivity index (χ0) is 17.1. The van der Waals surface area contributed by atoms with Crippen LogP contribution in [-0.4, -0.2) is 53.4 Å². The van der Waals surface area contributed by atoms with E-state index in [0.717, 1.165) is 44.8 Å². The second kappa shape index (κ2) is 6.98. The van der Waals surface area contributed by atoms with Crippen molar-refractivity contribution in [2.45, 2.75) is 31.1 Å². The summed E-state index contributed by atoms with van der Waals surface area (Å²) in [4.78, 5) is 10.7. The van der Waals surface area contributed by atoms with Gasteiger partial charge < -0.3 is 14.2 Å². The van der Waals surface area contributed by atoms with E-state index in [1.807, 2.05) is 12.1 Å². The lowest BCUT2D eigenvalue weighted by atomic mass is 9.84. The molecule has 0 aliphatic carbocycles. The van der Waals surface area contributed by atoms with E-state index in [0.29, 0.717) is 6.01 Å². The highest BCUT2D eigenvalue weighted by Gasteiger charge is 2.48. The number of hydrogen-bond donors (Lipinski definition) is 0. The summed E-state index contributed by atoms with van der Waals surface area (Å²) in [6, 6.07) is 10.5. The molecule has 2 aliphatic heterocycles. The van der Waals surface area contributed by atoms with Gasteiger partial charge in [-0.1, -0.05) is 12.1 Å². The number of benzene rings is 1. The maximum Gasteiger partial charge on any atom is 0.316 e. The minimum atomic E-state index is -0.0867. The highest BCUT2D eigenvalue weighted by molar-refractivity contribution is 5.28. The van der Waals surface area contributed by atoms with Crippen LogP contribution in [0.2, 0.25) is 0 Å². The van der Waals surface area contributed by atoms with Crippen molar-refractivity contribution in [1.29, 1.82) is 0 Å². The SMILES string of the molecule is COc1cccc(CN2CC3(C[C@@H](Oc4ncccn4)CCO3)C2)c1. The van der Waals surface area contributed by atoms with Gasteiger partial charge in [-0.2, -0.15) is 0 Å². The molecule has 0 radical (unpaired) electrons. The van der Waals surface area contributed by atoms with Crippen LogP contribution >= 0.6 is 0 Å². The molecule has 2 fully saturated rings. The van der Waals surface area contributed by atoms with E-state index in [4.69, 9.17) is 14.2 Å². The van der Waals surface area contributed by atoms with Gasteiger partial charge in [0.2, 0.25) is 0 Å². The van der Waals surface area contributed by atoms with Crippen LogP contribution < -0.4 is 9.47 Å². The highest BCUT2D eigenvalue weighted by Crippen LogP contribution is 2.36. The Hall–Kier alpha value is -2.18. The van der Waals surface area contributed by atoms with Crippen LogP contribution in [0, 0.1) is 0 Å². The van der Waals surface area contributed by atoms with Crippen molar-refractivity contribution in [1.82, 2.24) is 14.9 Å². The number of likely N-dealkylation sites (tertiary alicyclic amines) is 1. The maximum atomic E-state index is 6.10. The molecule has 0 bridgehead atoms. The van der Waals surface area contributed by atoms with Crippen LogP contribution in [-0.2, 0) is 11.3 Å². The topological polar surface area (TPSA) is 56.7 Å². The summed E-state index contributed by atoms with van der Waals surface area (Å²) in [5.41, 5.74) is 1.17. The molecule has 6 heteroatoms. The van der Waals surface area contributed by atoms with Crippen molar-refractivity contribution >= 4 is 0 Å². The van der Waals surface area contributed by atoms with Crippen LogP contribution in [0.25, 0.3) is 0 Å². The minimum absolute atomic E-state index is 0.0867. The van der Waals surface area contributed by atoms with E-state index in [1.165, 1.54) is 5.56 Å². The lowest BCUT2D eigenvalue weighted by Gasteiger charge is -2.53. The van der Waals surface area contributed by atoms with Crippen molar-refractivity contribution < 1.29 is 14.2 Å². The van der Waals surface area contributed by atoms with Crippen molar-refractivity contribution in [3.05, 3.63) is 48.3 Å². The number of ether oxygens (including phenoxy) is 3. The zero-order valence-electron chi connectivity index (χ0n) is 14.4. The first-order valence-electron chi connectivity index (χ1n) is 8.68. The lowest BCUT2D eigenvalue weighted by Crippen LogP contribution is -2.65. The van der Waals surface area contributed by atoms with Gasteiger partial charge in [0, 0.05) is 44.9 Å². The summed E-state index contributed by atoms with van der Waals surface area (Å²) in [5, 5.41) is 0. The minimum Gasteiger partial charge on any atom is -0.497 e. The second-order valence-electron chi connectivity index (χ2n) is 6.79. The van der Waals surface area contributed by atoms with Gasteiger partial charge in [-0.3, -0.25) is 4.90 Å². The number of rotatable bonds is 5. The summed E-state index contributed by atoms with van der Waals surface area (Å²) in [6.07, 6.45) is 5.30. The molecule has 132 valence electrons. The van der Waals surface area contributed by atoms with Gasteiger partial charge in [-0.05, 0) is 23.8 Å². The zero-order valence-corrected chi connectivity index (χ0v) is 14.4. The van der Waals surface area contributed by atoms with Crippen LogP contribution in [0.3, 0.4) is 0 Å². The van der Waals surface area contributed by atoms with E-state index in [9.17, 15) is 0 Å². The summed E-state index contributed by atoms with van der Waals surface area (Å²) < 4.78 is 17.3. The summed E-state index contributed by atoms with van der Waals surface area (Å²) >= 11 is 0. The number of nitrogens with zero attached hydrogens (tertiary/aromatic N) is 3. The van der Waals surface area contributed by atoms with E-state index >= 15 is 0 Å². The second-order valence-corrected chi connectivity index (χ2v) is 6.79. The van der Waals surface area contributed by atoms with Crippen molar-refractivity contribution in [3.63, 3.8) is 0 Å². The van der Waals surface area contributed by atoms with Gasteiger partial charge in [0.1, 0.15) is 11.9 Å².